The van der Waals surface area contributed by atoms with Crippen LogP contribution in [0.15, 0.2) is 24.8 Å². The van der Waals surface area contributed by atoms with E-state index < -0.39 is 0 Å². The molecule has 0 aromatic heterocycles. The van der Waals surface area contributed by atoms with Crippen molar-refractivity contribution in [2.24, 2.45) is 5.73 Å². The van der Waals surface area contributed by atoms with Crippen molar-refractivity contribution in [1.29, 1.82) is 0 Å². The molecule has 0 aliphatic rings. The summed E-state index contributed by atoms with van der Waals surface area (Å²) >= 11 is 0. The summed E-state index contributed by atoms with van der Waals surface area (Å²) in [7, 11) is 0. The molecule has 1 rings (SSSR count). The molecule has 0 fully saturated rings. The van der Waals surface area contributed by atoms with Gasteiger partial charge in [-0.2, -0.15) is 0 Å². The van der Waals surface area contributed by atoms with E-state index in [4.69, 9.17) is 5.73 Å². The van der Waals surface area contributed by atoms with E-state index in [1.54, 1.807) is 12.1 Å². The summed E-state index contributed by atoms with van der Waals surface area (Å²) in [6.45, 7) is 7.62. The fourth-order valence-electron chi connectivity index (χ4n) is 1.43. The molecule has 0 radical (unpaired) electrons. The van der Waals surface area contributed by atoms with Crippen LogP contribution in [0.3, 0.4) is 0 Å². The predicted octanol–water partition coefficient (Wildman–Crippen LogP) is 2.58. The zero-order chi connectivity index (χ0) is 10.7. The maximum absolute atomic E-state index is 9.70. The van der Waals surface area contributed by atoms with Crippen LogP contribution in [0.1, 0.15) is 29.2 Å². The van der Waals surface area contributed by atoms with E-state index >= 15 is 0 Å². The van der Waals surface area contributed by atoms with Crippen LogP contribution < -0.4 is 5.73 Å². The molecule has 1 aromatic rings. The Kier molecular flexibility index (Phi) is 3.31. The van der Waals surface area contributed by atoms with Crippen LogP contribution in [0.4, 0.5) is 0 Å². The second kappa shape index (κ2) is 4.29. The Bertz CT molecular complexity index is 344. The van der Waals surface area contributed by atoms with Gasteiger partial charge in [0.25, 0.3) is 0 Å². The molecule has 2 nitrogen and oxygen atoms in total. The molecule has 0 aliphatic carbocycles. The Balaban J connectivity index is 3.08. The standard InChI is InChI=1S/C12H17NO/c1-4-5-11(13)10-6-8(2)9(3)7-12(10)14/h4,6-7,11,14H,1,5,13H2,2-3H3. The molecule has 0 amide bonds. The lowest BCUT2D eigenvalue weighted by Gasteiger charge is -2.13. The predicted molar refractivity (Wildman–Crippen MR) is 59.3 cm³/mol. The van der Waals surface area contributed by atoms with Crippen molar-refractivity contribution in [3.05, 3.63) is 41.5 Å². The van der Waals surface area contributed by atoms with Crippen molar-refractivity contribution in [1.82, 2.24) is 0 Å². The first kappa shape index (κ1) is 10.8. The van der Waals surface area contributed by atoms with Crippen LogP contribution in [0.2, 0.25) is 0 Å². The van der Waals surface area contributed by atoms with Gasteiger partial charge in [0.1, 0.15) is 5.75 Å². The highest BCUT2D eigenvalue weighted by molar-refractivity contribution is 5.42. The minimum absolute atomic E-state index is 0.160. The average molecular weight is 191 g/mol. The van der Waals surface area contributed by atoms with Gasteiger partial charge in [-0.15, -0.1) is 6.58 Å². The fraction of sp³-hybridized carbons (Fsp3) is 0.333. The summed E-state index contributed by atoms with van der Waals surface area (Å²) < 4.78 is 0. The summed E-state index contributed by atoms with van der Waals surface area (Å²) in [6.07, 6.45) is 2.44. The molecule has 0 saturated heterocycles. The Morgan fingerprint density at radius 3 is 2.57 bits per heavy atom. The molecule has 14 heavy (non-hydrogen) atoms. The van der Waals surface area contributed by atoms with Gasteiger partial charge in [0, 0.05) is 11.6 Å². The fourth-order valence-corrected chi connectivity index (χ4v) is 1.43. The molecule has 0 heterocycles. The molecule has 0 bridgehead atoms. The smallest absolute Gasteiger partial charge is 0.120 e. The number of benzene rings is 1. The van der Waals surface area contributed by atoms with Crippen molar-refractivity contribution in [2.45, 2.75) is 26.3 Å². The van der Waals surface area contributed by atoms with E-state index in [1.165, 1.54) is 0 Å². The number of aryl methyl sites for hydroxylation is 2. The molecule has 1 aromatic carbocycles. The van der Waals surface area contributed by atoms with Crippen molar-refractivity contribution in [3.63, 3.8) is 0 Å². The molecular formula is C12H17NO. The Labute approximate surface area is 85.1 Å². The normalized spacial score (nSPS) is 12.5. The first-order valence-corrected chi connectivity index (χ1v) is 4.73. The molecule has 2 heteroatoms. The van der Waals surface area contributed by atoms with Gasteiger partial charge in [-0.1, -0.05) is 12.1 Å². The molecule has 1 atom stereocenters. The number of hydrogen-bond acceptors (Lipinski definition) is 2. The molecular weight excluding hydrogens is 174 g/mol. The third kappa shape index (κ3) is 2.15. The summed E-state index contributed by atoms with van der Waals surface area (Å²) in [6, 6.07) is 3.54. The van der Waals surface area contributed by atoms with Crippen molar-refractivity contribution in [3.8, 4) is 5.75 Å². The van der Waals surface area contributed by atoms with Crippen LogP contribution >= 0.6 is 0 Å². The largest absolute Gasteiger partial charge is 0.508 e. The van der Waals surface area contributed by atoms with Crippen LogP contribution in [-0.4, -0.2) is 5.11 Å². The lowest BCUT2D eigenvalue weighted by Crippen LogP contribution is -2.09. The third-order valence-corrected chi connectivity index (χ3v) is 2.46. The van der Waals surface area contributed by atoms with Gasteiger partial charge in [-0.05, 0) is 37.5 Å². The highest BCUT2D eigenvalue weighted by Gasteiger charge is 2.10. The van der Waals surface area contributed by atoms with E-state index in [9.17, 15) is 5.11 Å². The second-order valence-electron chi connectivity index (χ2n) is 3.63. The van der Waals surface area contributed by atoms with Crippen LogP contribution in [0.25, 0.3) is 0 Å². The zero-order valence-electron chi connectivity index (χ0n) is 8.75. The van der Waals surface area contributed by atoms with Crippen LogP contribution in [0.5, 0.6) is 5.75 Å². The van der Waals surface area contributed by atoms with Gasteiger partial charge < -0.3 is 10.8 Å². The quantitative estimate of drug-likeness (QED) is 0.721. The summed E-state index contributed by atoms with van der Waals surface area (Å²) in [4.78, 5) is 0. The lowest BCUT2D eigenvalue weighted by molar-refractivity contribution is 0.461. The Morgan fingerprint density at radius 1 is 1.43 bits per heavy atom. The molecule has 3 N–H and O–H groups in total. The summed E-state index contributed by atoms with van der Waals surface area (Å²) in [5.41, 5.74) is 8.92. The Hall–Kier alpha value is -1.28. The maximum atomic E-state index is 9.70. The highest BCUT2D eigenvalue weighted by atomic mass is 16.3. The molecule has 0 aliphatic heterocycles. The monoisotopic (exact) mass is 191 g/mol. The summed E-state index contributed by atoms with van der Waals surface area (Å²) in [5.74, 6) is 0.280. The van der Waals surface area contributed by atoms with Crippen LogP contribution in [-0.2, 0) is 0 Å². The molecule has 76 valence electrons. The number of nitrogens with two attached hydrogens (primary N) is 1. The second-order valence-corrected chi connectivity index (χ2v) is 3.63. The minimum atomic E-state index is -0.160. The van der Waals surface area contributed by atoms with Gasteiger partial charge in [0.05, 0.1) is 0 Å². The van der Waals surface area contributed by atoms with Crippen molar-refractivity contribution >= 4 is 0 Å². The van der Waals surface area contributed by atoms with E-state index in [0.717, 1.165) is 16.7 Å². The Morgan fingerprint density at radius 2 is 2.00 bits per heavy atom. The molecule has 1 unspecified atom stereocenters. The van der Waals surface area contributed by atoms with E-state index in [-0.39, 0.29) is 11.8 Å². The minimum Gasteiger partial charge on any atom is -0.508 e. The van der Waals surface area contributed by atoms with Gasteiger partial charge in [-0.25, -0.2) is 0 Å². The lowest BCUT2D eigenvalue weighted by atomic mass is 9.98. The number of phenolic OH excluding ortho intramolecular Hbond substituents is 1. The highest BCUT2D eigenvalue weighted by Crippen LogP contribution is 2.27. The molecule has 0 saturated carbocycles. The topological polar surface area (TPSA) is 46.2 Å². The van der Waals surface area contributed by atoms with Gasteiger partial charge in [0.15, 0.2) is 0 Å². The van der Waals surface area contributed by atoms with E-state index in [2.05, 4.69) is 6.58 Å². The summed E-state index contributed by atoms with van der Waals surface area (Å²) in [5, 5.41) is 9.70. The van der Waals surface area contributed by atoms with E-state index in [0.29, 0.717) is 6.42 Å². The SMILES string of the molecule is C=CCC(N)c1cc(C)c(C)cc1O. The number of phenols is 1. The van der Waals surface area contributed by atoms with Gasteiger partial charge in [0.2, 0.25) is 0 Å². The average Bonchev–Trinajstić information content (AvgIpc) is 2.11. The zero-order valence-corrected chi connectivity index (χ0v) is 8.75. The maximum Gasteiger partial charge on any atom is 0.120 e. The van der Waals surface area contributed by atoms with Gasteiger partial charge >= 0.3 is 0 Å². The molecule has 0 spiro atoms. The van der Waals surface area contributed by atoms with Crippen molar-refractivity contribution in [2.75, 3.05) is 0 Å². The first-order chi connectivity index (χ1) is 6.56. The van der Waals surface area contributed by atoms with E-state index in [1.807, 2.05) is 19.9 Å². The number of hydrogen-bond donors (Lipinski definition) is 2. The number of aromatic hydroxyl groups is 1. The van der Waals surface area contributed by atoms with Gasteiger partial charge in [-0.3, -0.25) is 0 Å². The first-order valence-electron chi connectivity index (χ1n) is 4.73. The third-order valence-electron chi connectivity index (χ3n) is 2.46. The van der Waals surface area contributed by atoms with Crippen LogP contribution in [0, 0.1) is 13.8 Å². The van der Waals surface area contributed by atoms with Crippen molar-refractivity contribution < 1.29 is 5.11 Å². The number of rotatable bonds is 3.